The molecule has 0 N–H and O–H groups in total. The van der Waals surface area contributed by atoms with Crippen molar-refractivity contribution in [3.05, 3.63) is 59.7 Å². The predicted octanol–water partition coefficient (Wildman–Crippen LogP) is 3.08. The molecular formula is C19H21NO4S. The smallest absolute Gasteiger partial charge is 0.254 e. The molecule has 1 saturated heterocycles. The second kappa shape index (κ2) is 6.88. The van der Waals surface area contributed by atoms with Crippen LogP contribution in [-0.2, 0) is 9.84 Å². The number of hydrogen-bond acceptors (Lipinski definition) is 4. The van der Waals surface area contributed by atoms with Gasteiger partial charge in [0.05, 0.1) is 18.0 Å². The largest absolute Gasteiger partial charge is 0.497 e. The molecule has 25 heavy (non-hydrogen) atoms. The zero-order valence-corrected chi connectivity index (χ0v) is 15.1. The molecule has 1 fully saturated rings. The Balaban J connectivity index is 1.91. The lowest BCUT2D eigenvalue weighted by molar-refractivity contribution is 0.0735. The molecule has 1 atom stereocenters. The molecule has 1 amide bonds. The highest BCUT2D eigenvalue weighted by Crippen LogP contribution is 2.34. The SMILES string of the molecule is COc1cccc(C2CCCN2C(=O)c2cccc(S(C)(=O)=O)c2)c1. The number of sulfone groups is 1. The van der Waals surface area contributed by atoms with Gasteiger partial charge in [-0.1, -0.05) is 18.2 Å². The van der Waals surface area contributed by atoms with Crippen molar-refractivity contribution in [1.29, 1.82) is 0 Å². The van der Waals surface area contributed by atoms with Crippen LogP contribution in [0.25, 0.3) is 0 Å². The number of nitrogens with zero attached hydrogens (tertiary/aromatic N) is 1. The van der Waals surface area contributed by atoms with E-state index >= 15 is 0 Å². The first-order valence-corrected chi connectivity index (χ1v) is 10.0. The molecule has 5 nitrogen and oxygen atoms in total. The van der Waals surface area contributed by atoms with Crippen LogP contribution >= 0.6 is 0 Å². The van der Waals surface area contributed by atoms with Crippen LogP contribution in [0.2, 0.25) is 0 Å². The van der Waals surface area contributed by atoms with Gasteiger partial charge in [-0.05, 0) is 48.7 Å². The van der Waals surface area contributed by atoms with Crippen LogP contribution in [0, 0.1) is 0 Å². The van der Waals surface area contributed by atoms with E-state index in [0.29, 0.717) is 12.1 Å². The molecule has 0 spiro atoms. The van der Waals surface area contributed by atoms with E-state index in [2.05, 4.69) is 0 Å². The minimum absolute atomic E-state index is 0.0236. The first-order valence-electron chi connectivity index (χ1n) is 8.15. The molecule has 3 rings (SSSR count). The van der Waals surface area contributed by atoms with Gasteiger partial charge in [0, 0.05) is 18.4 Å². The van der Waals surface area contributed by atoms with Gasteiger partial charge in [-0.2, -0.15) is 0 Å². The maximum Gasteiger partial charge on any atom is 0.254 e. The molecule has 2 aromatic rings. The Hall–Kier alpha value is -2.34. The zero-order valence-electron chi connectivity index (χ0n) is 14.3. The monoisotopic (exact) mass is 359 g/mol. The van der Waals surface area contributed by atoms with Gasteiger partial charge in [0.1, 0.15) is 5.75 Å². The average Bonchev–Trinajstić information content (AvgIpc) is 3.10. The Labute approximate surface area is 148 Å². The summed E-state index contributed by atoms with van der Waals surface area (Å²) in [5.74, 6) is 0.617. The summed E-state index contributed by atoms with van der Waals surface area (Å²) >= 11 is 0. The summed E-state index contributed by atoms with van der Waals surface area (Å²) in [5, 5.41) is 0. The van der Waals surface area contributed by atoms with Crippen LogP contribution in [0.3, 0.4) is 0 Å². The van der Waals surface area contributed by atoms with Gasteiger partial charge in [-0.3, -0.25) is 4.79 Å². The molecule has 132 valence electrons. The molecular weight excluding hydrogens is 338 g/mol. The highest BCUT2D eigenvalue weighted by molar-refractivity contribution is 7.90. The number of carbonyl (C=O) groups excluding carboxylic acids is 1. The lowest BCUT2D eigenvalue weighted by Crippen LogP contribution is -2.30. The Bertz CT molecular complexity index is 892. The summed E-state index contributed by atoms with van der Waals surface area (Å²) < 4.78 is 28.8. The van der Waals surface area contributed by atoms with Gasteiger partial charge >= 0.3 is 0 Å². The Morgan fingerprint density at radius 2 is 1.92 bits per heavy atom. The van der Waals surface area contributed by atoms with Gasteiger partial charge in [0.2, 0.25) is 0 Å². The first kappa shape index (κ1) is 17.5. The minimum Gasteiger partial charge on any atom is -0.497 e. The second-order valence-corrected chi connectivity index (χ2v) is 8.25. The topological polar surface area (TPSA) is 63.7 Å². The van der Waals surface area contributed by atoms with Crippen molar-refractivity contribution in [2.45, 2.75) is 23.8 Å². The molecule has 1 unspecified atom stereocenters. The Kier molecular flexibility index (Phi) is 4.81. The molecule has 1 aliphatic heterocycles. The molecule has 0 aromatic heterocycles. The zero-order chi connectivity index (χ0) is 18.0. The van der Waals surface area contributed by atoms with E-state index in [4.69, 9.17) is 4.74 Å². The van der Waals surface area contributed by atoms with E-state index in [-0.39, 0.29) is 16.8 Å². The summed E-state index contributed by atoms with van der Waals surface area (Å²) in [6.45, 7) is 0.657. The third kappa shape index (κ3) is 3.69. The van der Waals surface area contributed by atoms with Crippen LogP contribution in [0.1, 0.15) is 34.8 Å². The number of methoxy groups -OCH3 is 1. The lowest BCUT2D eigenvalue weighted by atomic mass is 10.0. The van der Waals surface area contributed by atoms with Crippen molar-refractivity contribution in [1.82, 2.24) is 4.90 Å². The highest BCUT2D eigenvalue weighted by atomic mass is 32.2. The van der Waals surface area contributed by atoms with E-state index in [9.17, 15) is 13.2 Å². The van der Waals surface area contributed by atoms with Crippen LogP contribution in [-0.4, -0.2) is 39.1 Å². The van der Waals surface area contributed by atoms with Crippen molar-refractivity contribution in [2.24, 2.45) is 0 Å². The molecule has 0 bridgehead atoms. The molecule has 2 aromatic carbocycles. The maximum absolute atomic E-state index is 13.0. The minimum atomic E-state index is -3.34. The number of likely N-dealkylation sites (tertiary alicyclic amines) is 1. The number of carbonyl (C=O) groups is 1. The van der Waals surface area contributed by atoms with Crippen LogP contribution in [0.15, 0.2) is 53.4 Å². The standard InChI is InChI=1S/C19H21NO4S/c1-24-16-8-3-6-14(12-16)18-10-5-11-20(18)19(21)15-7-4-9-17(13-15)25(2,22)23/h3-4,6-9,12-13,18H,5,10-11H2,1-2H3. The van der Waals surface area contributed by atoms with E-state index in [0.717, 1.165) is 30.4 Å². The Morgan fingerprint density at radius 3 is 2.64 bits per heavy atom. The summed E-state index contributed by atoms with van der Waals surface area (Å²) in [5.41, 5.74) is 1.43. The Morgan fingerprint density at radius 1 is 1.16 bits per heavy atom. The lowest BCUT2D eigenvalue weighted by Gasteiger charge is -2.25. The third-order valence-corrected chi connectivity index (χ3v) is 5.61. The maximum atomic E-state index is 13.0. The van der Waals surface area contributed by atoms with Gasteiger partial charge in [-0.25, -0.2) is 8.42 Å². The van der Waals surface area contributed by atoms with E-state index < -0.39 is 9.84 Å². The summed E-state index contributed by atoms with van der Waals surface area (Å²) in [7, 11) is -1.73. The van der Waals surface area contributed by atoms with Crippen molar-refractivity contribution in [3.8, 4) is 5.75 Å². The third-order valence-electron chi connectivity index (χ3n) is 4.50. The van der Waals surface area contributed by atoms with Crippen LogP contribution < -0.4 is 4.74 Å². The van der Waals surface area contributed by atoms with Crippen molar-refractivity contribution >= 4 is 15.7 Å². The summed E-state index contributed by atoms with van der Waals surface area (Å²) in [6, 6.07) is 13.9. The number of hydrogen-bond donors (Lipinski definition) is 0. The predicted molar refractivity (Wildman–Crippen MR) is 95.6 cm³/mol. The van der Waals surface area contributed by atoms with E-state index in [1.807, 2.05) is 29.2 Å². The van der Waals surface area contributed by atoms with Gasteiger partial charge in [-0.15, -0.1) is 0 Å². The molecule has 0 saturated carbocycles. The van der Waals surface area contributed by atoms with E-state index in [1.165, 1.54) is 12.1 Å². The highest BCUT2D eigenvalue weighted by Gasteiger charge is 2.31. The average molecular weight is 359 g/mol. The summed E-state index contributed by atoms with van der Waals surface area (Å²) in [4.78, 5) is 14.9. The van der Waals surface area contributed by atoms with Gasteiger partial charge < -0.3 is 9.64 Å². The fraction of sp³-hybridized carbons (Fsp3) is 0.316. The van der Waals surface area contributed by atoms with Crippen molar-refractivity contribution < 1.29 is 17.9 Å². The number of benzene rings is 2. The second-order valence-electron chi connectivity index (χ2n) is 6.23. The number of ether oxygens (including phenoxy) is 1. The summed E-state index contributed by atoms with van der Waals surface area (Å²) in [6.07, 6.45) is 2.94. The normalized spacial score (nSPS) is 17.5. The molecule has 1 heterocycles. The molecule has 1 aliphatic rings. The fourth-order valence-corrected chi connectivity index (χ4v) is 3.90. The van der Waals surface area contributed by atoms with Gasteiger partial charge in [0.25, 0.3) is 5.91 Å². The van der Waals surface area contributed by atoms with Crippen LogP contribution in [0.4, 0.5) is 0 Å². The van der Waals surface area contributed by atoms with Gasteiger partial charge in [0.15, 0.2) is 9.84 Å². The fourth-order valence-electron chi connectivity index (χ4n) is 3.23. The van der Waals surface area contributed by atoms with Crippen LogP contribution in [0.5, 0.6) is 5.75 Å². The van der Waals surface area contributed by atoms with E-state index in [1.54, 1.807) is 19.2 Å². The number of amides is 1. The number of rotatable bonds is 4. The van der Waals surface area contributed by atoms with Crippen molar-refractivity contribution in [3.63, 3.8) is 0 Å². The first-order chi connectivity index (χ1) is 11.9. The van der Waals surface area contributed by atoms with Crippen molar-refractivity contribution in [2.75, 3.05) is 19.9 Å². The molecule has 0 radical (unpaired) electrons. The molecule has 6 heteroatoms. The quantitative estimate of drug-likeness (QED) is 0.842. The molecule has 0 aliphatic carbocycles.